The monoisotopic (exact) mass is 961 g/mol. The normalized spacial score (nSPS) is 20.7. The Morgan fingerprint density at radius 2 is 1.56 bits per heavy atom. The zero-order chi connectivity index (χ0) is 46.1. The molecule has 2 aromatic rings. The first-order valence-electron chi connectivity index (χ1n) is 19.6. The van der Waals surface area contributed by atoms with Crippen molar-refractivity contribution >= 4 is 69.1 Å². The summed E-state index contributed by atoms with van der Waals surface area (Å²) < 4.78 is 60.7. The number of nitrogens with one attached hydrogen (secondary N) is 2. The number of fused-ring (bicyclic) bond motifs is 1. The van der Waals surface area contributed by atoms with Gasteiger partial charge in [0.2, 0.25) is 11.8 Å². The highest BCUT2D eigenvalue weighted by Crippen LogP contribution is 2.56. The van der Waals surface area contributed by atoms with Crippen molar-refractivity contribution in [3.05, 3.63) is 12.7 Å². The minimum atomic E-state index is -5.92. The van der Waals surface area contributed by atoms with Crippen LogP contribution in [0.4, 0.5) is 5.82 Å². The van der Waals surface area contributed by atoms with Gasteiger partial charge in [-0.2, -0.15) is 0 Å². The van der Waals surface area contributed by atoms with Crippen LogP contribution in [0.15, 0.2) is 12.7 Å². The number of phosphoric ester groups is 3. The Labute approximate surface area is 361 Å². The lowest BCUT2D eigenvalue weighted by Crippen LogP contribution is -2.46. The number of thioether (sulfide) groups is 1. The zero-order valence-electron chi connectivity index (χ0n) is 34.1. The molecule has 7 N–H and O–H groups in total. The summed E-state index contributed by atoms with van der Waals surface area (Å²) in [7, 11) is -17.6. The molecule has 0 bridgehead atoms. The fraction of sp³-hybridized carbons (Fsp3) is 0.758. The zero-order valence-corrected chi connectivity index (χ0v) is 37.6. The Morgan fingerprint density at radius 3 is 2.21 bits per heavy atom. The molecule has 0 radical (unpaired) electrons. The number of ether oxygens (including phenoxy) is 1. The molecule has 2 aromatic heterocycles. The third-order valence-electron chi connectivity index (χ3n) is 9.28. The fourth-order valence-corrected chi connectivity index (χ4v) is 9.42. The van der Waals surface area contributed by atoms with Crippen LogP contribution in [0.5, 0.6) is 0 Å². The standard InChI is InChI=1S/C33H58N7O18P3S/c1-33(2,28(45)31(46)36-14-13-23(42)35-15-17-62-24(43)12-10-8-6-4-3-5-7-9-11-16-41)19-55-61(52,53)58-60(50,51)54-18-22-27(57-59(47,48)49)26(44)32(56-22)40-21-39-25-29(34)37-20-38-30(25)40/h20-22,26-28,32,41,44-45H,3-19H2,1-2H3,(H,35,42)(H,36,46)(H,50,51)(H,52,53)(H2,34,37,38)(H2,47,48,49)/p-4/t22-,26-,27-,28+,32-/m1/s1. The van der Waals surface area contributed by atoms with E-state index in [1.807, 2.05) is 0 Å². The van der Waals surface area contributed by atoms with Gasteiger partial charge in [-0.15, -0.1) is 0 Å². The molecule has 62 heavy (non-hydrogen) atoms. The minimum Gasteiger partial charge on any atom is -0.790 e. The van der Waals surface area contributed by atoms with Crippen molar-refractivity contribution in [1.29, 1.82) is 0 Å². The van der Waals surface area contributed by atoms with Crippen LogP contribution in [0, 0.1) is 5.41 Å². The number of aromatic nitrogens is 4. The van der Waals surface area contributed by atoms with Crippen LogP contribution in [0.1, 0.15) is 90.7 Å². The molecular formula is C33H54N7O18P3S-4. The molecule has 0 aromatic carbocycles. The summed E-state index contributed by atoms with van der Waals surface area (Å²) in [5.74, 6) is -1.17. The van der Waals surface area contributed by atoms with Gasteiger partial charge < -0.3 is 74.1 Å². The molecule has 2 unspecified atom stereocenters. The van der Waals surface area contributed by atoms with Crippen molar-refractivity contribution < 1.29 is 85.6 Å². The van der Waals surface area contributed by atoms with Crippen LogP contribution in [0.3, 0.4) is 0 Å². The number of hydrogen-bond acceptors (Lipinski definition) is 23. The Morgan fingerprint density at radius 1 is 0.935 bits per heavy atom. The highest BCUT2D eigenvalue weighted by Gasteiger charge is 2.47. The summed E-state index contributed by atoms with van der Waals surface area (Å²) in [4.78, 5) is 96.5. The number of carbonyl (C=O) groups is 3. The average Bonchev–Trinajstić information content (AvgIpc) is 3.75. The van der Waals surface area contributed by atoms with Crippen LogP contribution in [-0.4, -0.2) is 115 Å². The first-order chi connectivity index (χ1) is 29.1. The van der Waals surface area contributed by atoms with Crippen molar-refractivity contribution in [2.75, 3.05) is 44.4 Å². The van der Waals surface area contributed by atoms with Gasteiger partial charge in [-0.25, -0.2) is 19.3 Å². The fourth-order valence-electron chi connectivity index (χ4n) is 5.96. The summed E-state index contributed by atoms with van der Waals surface area (Å²) >= 11 is 1.12. The largest absolute Gasteiger partial charge is 0.790 e. The summed E-state index contributed by atoms with van der Waals surface area (Å²) in [6.07, 6.45) is 2.10. The molecule has 0 saturated carbocycles. The van der Waals surface area contributed by atoms with Gasteiger partial charge in [-0.3, -0.25) is 28.1 Å². The molecule has 0 spiro atoms. The smallest absolute Gasteiger partial charge is 0.274 e. The molecule has 354 valence electrons. The predicted octanol–water partition coefficient (Wildman–Crippen LogP) is -0.970. The molecule has 3 rings (SSSR count). The van der Waals surface area contributed by atoms with E-state index >= 15 is 0 Å². The lowest BCUT2D eigenvalue weighted by atomic mass is 9.87. The third kappa shape index (κ3) is 18.6. The first-order valence-corrected chi connectivity index (χ1v) is 25.0. The number of hydrogen-bond donors (Lipinski definition) is 6. The maximum absolute atomic E-state index is 12.6. The number of nitrogens with zero attached hydrogens (tertiary/aromatic N) is 4. The average molecular weight is 962 g/mol. The molecular weight excluding hydrogens is 907 g/mol. The summed E-state index contributed by atoms with van der Waals surface area (Å²) in [6.45, 7) is 0.361. The second-order valence-electron chi connectivity index (χ2n) is 14.9. The van der Waals surface area contributed by atoms with E-state index in [4.69, 9.17) is 15.6 Å². The van der Waals surface area contributed by atoms with Crippen LogP contribution in [-0.2, 0) is 50.7 Å². The highest BCUT2D eigenvalue weighted by molar-refractivity contribution is 8.13. The summed E-state index contributed by atoms with van der Waals surface area (Å²) in [6, 6.07) is 0. The molecule has 25 nitrogen and oxygen atoms in total. The van der Waals surface area contributed by atoms with Gasteiger partial charge in [0.25, 0.3) is 15.6 Å². The van der Waals surface area contributed by atoms with Crippen molar-refractivity contribution in [1.82, 2.24) is 30.2 Å². The second kappa shape index (κ2) is 25.3. The van der Waals surface area contributed by atoms with E-state index in [9.17, 15) is 57.9 Å². The molecule has 1 fully saturated rings. The summed E-state index contributed by atoms with van der Waals surface area (Å²) in [5, 5.41) is 35.2. The van der Waals surface area contributed by atoms with Crippen molar-refractivity contribution in [2.45, 2.75) is 115 Å². The first kappa shape index (κ1) is 53.9. The van der Waals surface area contributed by atoms with Crippen LogP contribution in [0.25, 0.3) is 11.2 Å². The maximum atomic E-state index is 12.6. The molecule has 1 saturated heterocycles. The Kier molecular flexibility index (Phi) is 22.0. The molecule has 29 heteroatoms. The number of phosphoric acid groups is 3. The lowest BCUT2D eigenvalue weighted by molar-refractivity contribution is -0.347. The SMILES string of the molecule is CC(C)(COP(=O)([O-])OP(=O)([O-])OC[C@H]1O[C@@H](n2cnc3c(N)ncnc32)[C@H](O)[C@@H]1OP(=O)([O-])[O-])[C@@H](O)C(=O)NCCC(=O)NCCSC(=O)CCCCCCCCCCCO. The highest BCUT2D eigenvalue weighted by atomic mass is 32.2. The number of aliphatic hydroxyl groups excluding tert-OH is 3. The number of aliphatic hydroxyl groups is 3. The molecule has 3 heterocycles. The van der Waals surface area contributed by atoms with Gasteiger partial charge in [0, 0.05) is 43.7 Å². The summed E-state index contributed by atoms with van der Waals surface area (Å²) in [5.41, 5.74) is 4.07. The third-order valence-corrected chi connectivity index (χ3v) is 13.2. The molecule has 1 aliphatic rings. The van der Waals surface area contributed by atoms with Crippen molar-refractivity contribution in [3.63, 3.8) is 0 Å². The number of nitrogens with two attached hydrogens (primary N) is 1. The van der Waals surface area contributed by atoms with E-state index in [-0.39, 0.29) is 48.2 Å². The van der Waals surface area contributed by atoms with Crippen LogP contribution < -0.4 is 35.9 Å². The van der Waals surface area contributed by atoms with Crippen LogP contribution in [0.2, 0.25) is 0 Å². The Bertz CT molecular complexity index is 1910. The molecule has 7 atom stereocenters. The van der Waals surface area contributed by atoms with Crippen LogP contribution >= 0.6 is 35.2 Å². The Balaban J connectivity index is 1.37. The van der Waals surface area contributed by atoms with Gasteiger partial charge in [0.15, 0.2) is 22.8 Å². The number of carbonyl (C=O) groups excluding carboxylic acids is 3. The van der Waals surface area contributed by atoms with E-state index < -0.39 is 84.6 Å². The van der Waals surface area contributed by atoms with Gasteiger partial charge in [0.1, 0.15) is 36.3 Å². The Hall–Kier alpha value is -2.48. The number of amides is 2. The van der Waals surface area contributed by atoms with Gasteiger partial charge in [0.05, 0.1) is 27.4 Å². The number of rotatable bonds is 30. The van der Waals surface area contributed by atoms with E-state index in [2.05, 4.69) is 43.5 Å². The molecule has 2 amide bonds. The lowest BCUT2D eigenvalue weighted by Gasteiger charge is -2.36. The second-order valence-corrected chi connectivity index (χ2v) is 20.1. The maximum Gasteiger partial charge on any atom is 0.274 e. The molecule has 0 aliphatic carbocycles. The van der Waals surface area contributed by atoms with Crippen molar-refractivity contribution in [2.24, 2.45) is 5.41 Å². The topological polar surface area (TPSA) is 395 Å². The van der Waals surface area contributed by atoms with E-state index in [0.717, 1.165) is 86.8 Å². The number of unbranched alkanes of at least 4 members (excludes halogenated alkanes) is 8. The van der Waals surface area contributed by atoms with E-state index in [1.54, 1.807) is 0 Å². The van der Waals surface area contributed by atoms with Gasteiger partial charge >= 0.3 is 0 Å². The van der Waals surface area contributed by atoms with E-state index in [1.165, 1.54) is 13.8 Å². The van der Waals surface area contributed by atoms with Gasteiger partial charge in [-0.1, -0.05) is 70.6 Å². The quantitative estimate of drug-likeness (QED) is 0.0405. The minimum absolute atomic E-state index is 0.0216. The number of nitrogen functional groups attached to an aromatic ring is 1. The predicted molar refractivity (Wildman–Crippen MR) is 211 cm³/mol. The number of imidazole rings is 1. The number of anilines is 1. The van der Waals surface area contributed by atoms with E-state index in [0.29, 0.717) is 12.2 Å². The molecule has 1 aliphatic heterocycles. The van der Waals surface area contributed by atoms with Crippen molar-refractivity contribution in [3.8, 4) is 0 Å². The van der Waals surface area contributed by atoms with Gasteiger partial charge in [-0.05, 0) is 12.8 Å².